The Morgan fingerprint density at radius 1 is 0.833 bits per heavy atom. The number of alkyl carbamates (subject to hydrolysis) is 1. The van der Waals surface area contributed by atoms with E-state index in [2.05, 4.69) is 17.6 Å². The number of nitrogens with one attached hydrogen (secondary N) is 2. The fourth-order valence-corrected chi connectivity index (χ4v) is 4.91. The zero-order chi connectivity index (χ0) is 30.7. The van der Waals surface area contributed by atoms with Crippen LogP contribution in [0.25, 0.3) is 10.8 Å². The summed E-state index contributed by atoms with van der Waals surface area (Å²) in [5.41, 5.74) is 2.84. The van der Waals surface area contributed by atoms with Crippen molar-refractivity contribution < 1.29 is 19.1 Å². The molecule has 3 amide bonds. The van der Waals surface area contributed by atoms with Crippen molar-refractivity contribution in [3.63, 3.8) is 0 Å². The van der Waals surface area contributed by atoms with Gasteiger partial charge in [0.15, 0.2) is 0 Å². The number of rotatable bonds is 13. The average molecular weight is 574 g/mol. The molecule has 3 rings (SSSR count). The van der Waals surface area contributed by atoms with Crippen LogP contribution in [0.3, 0.4) is 0 Å². The molecule has 0 aliphatic rings. The summed E-state index contributed by atoms with van der Waals surface area (Å²) in [6.45, 7) is 11.6. The van der Waals surface area contributed by atoms with Gasteiger partial charge in [0.05, 0.1) is 0 Å². The van der Waals surface area contributed by atoms with Crippen LogP contribution in [0.1, 0.15) is 89.0 Å². The molecule has 0 aliphatic heterocycles. The lowest BCUT2D eigenvalue weighted by atomic mass is 9.98. The van der Waals surface area contributed by atoms with E-state index in [9.17, 15) is 14.4 Å². The highest BCUT2D eigenvalue weighted by molar-refractivity contribution is 6.00. The van der Waals surface area contributed by atoms with E-state index in [1.807, 2.05) is 74.5 Å². The van der Waals surface area contributed by atoms with Crippen molar-refractivity contribution in [2.75, 3.05) is 18.4 Å². The van der Waals surface area contributed by atoms with Gasteiger partial charge in [-0.3, -0.25) is 9.59 Å². The molecule has 42 heavy (non-hydrogen) atoms. The second-order valence-corrected chi connectivity index (χ2v) is 12.0. The molecule has 3 aromatic rings. The standard InChI is InChI=1S/C35H47N3O4/c1-7-8-9-10-11-14-21-38(31(39)24-36-34(41)42-35(4,5)6)32(29-18-17-25(2)26(3)22-29)33(40)37-30-20-19-27-15-12-13-16-28(27)23-30/h12-13,15-20,22-23,32H,7-11,14,21,24H2,1-6H3,(H,36,41)(H,37,40). The number of aryl methyl sites for hydroxylation is 2. The zero-order valence-electron chi connectivity index (χ0n) is 26.1. The molecule has 226 valence electrons. The van der Waals surface area contributed by atoms with E-state index < -0.39 is 17.7 Å². The number of nitrogens with zero attached hydrogens (tertiary/aromatic N) is 1. The van der Waals surface area contributed by atoms with Gasteiger partial charge in [-0.05, 0) is 80.6 Å². The Bertz CT molecular complexity index is 1360. The lowest BCUT2D eigenvalue weighted by Gasteiger charge is -2.32. The van der Waals surface area contributed by atoms with Crippen LogP contribution in [0, 0.1) is 13.8 Å². The first-order valence-corrected chi connectivity index (χ1v) is 15.1. The van der Waals surface area contributed by atoms with Crippen molar-refractivity contribution in [3.05, 3.63) is 77.4 Å². The molecule has 1 unspecified atom stereocenters. The Hall–Kier alpha value is -3.87. The van der Waals surface area contributed by atoms with Crippen LogP contribution in [0.5, 0.6) is 0 Å². The maximum atomic E-state index is 14.1. The molecule has 0 saturated heterocycles. The van der Waals surface area contributed by atoms with Gasteiger partial charge in [0, 0.05) is 12.2 Å². The van der Waals surface area contributed by atoms with Crippen LogP contribution in [-0.2, 0) is 14.3 Å². The number of unbranched alkanes of at least 4 members (excludes halogenated alkanes) is 5. The lowest BCUT2D eigenvalue weighted by molar-refractivity contribution is -0.138. The maximum Gasteiger partial charge on any atom is 0.408 e. The van der Waals surface area contributed by atoms with Gasteiger partial charge in [0.2, 0.25) is 5.91 Å². The lowest BCUT2D eigenvalue weighted by Crippen LogP contribution is -2.47. The summed E-state index contributed by atoms with van der Waals surface area (Å²) in [4.78, 5) is 41.8. The molecule has 0 radical (unpaired) electrons. The van der Waals surface area contributed by atoms with Crippen molar-refractivity contribution in [3.8, 4) is 0 Å². The van der Waals surface area contributed by atoms with Crippen molar-refractivity contribution in [1.29, 1.82) is 0 Å². The van der Waals surface area contributed by atoms with E-state index in [0.717, 1.165) is 59.6 Å². The summed E-state index contributed by atoms with van der Waals surface area (Å²) in [5.74, 6) is -0.642. The van der Waals surface area contributed by atoms with Crippen molar-refractivity contribution >= 4 is 34.4 Å². The van der Waals surface area contributed by atoms with E-state index >= 15 is 0 Å². The molecule has 7 heteroatoms. The zero-order valence-corrected chi connectivity index (χ0v) is 26.1. The van der Waals surface area contributed by atoms with Crippen LogP contribution in [0.2, 0.25) is 0 Å². The second-order valence-electron chi connectivity index (χ2n) is 12.0. The van der Waals surface area contributed by atoms with Crippen LogP contribution in [0.4, 0.5) is 10.5 Å². The number of carbonyl (C=O) groups excluding carboxylic acids is 3. The first kappa shape index (κ1) is 32.6. The third-order valence-corrected chi connectivity index (χ3v) is 7.28. The Labute approximate surface area is 251 Å². The average Bonchev–Trinajstić information content (AvgIpc) is 2.93. The molecule has 0 aromatic heterocycles. The van der Waals surface area contributed by atoms with Crippen molar-refractivity contribution in [2.24, 2.45) is 0 Å². The molecule has 0 heterocycles. The molecule has 0 spiro atoms. The Morgan fingerprint density at radius 2 is 1.52 bits per heavy atom. The van der Waals surface area contributed by atoms with Crippen LogP contribution in [-0.4, -0.2) is 41.5 Å². The number of fused-ring (bicyclic) bond motifs is 1. The van der Waals surface area contributed by atoms with E-state index in [4.69, 9.17) is 4.74 Å². The normalized spacial score (nSPS) is 12.0. The van der Waals surface area contributed by atoms with Gasteiger partial charge in [-0.1, -0.05) is 87.6 Å². The number of amides is 3. The smallest absolute Gasteiger partial charge is 0.408 e. The Morgan fingerprint density at radius 3 is 2.21 bits per heavy atom. The van der Waals surface area contributed by atoms with Gasteiger partial charge in [0.25, 0.3) is 5.91 Å². The number of hydrogen-bond acceptors (Lipinski definition) is 4. The minimum Gasteiger partial charge on any atom is -0.444 e. The minimum atomic E-state index is -0.876. The number of carbonyl (C=O) groups is 3. The number of hydrogen-bond donors (Lipinski definition) is 2. The van der Waals surface area contributed by atoms with E-state index in [1.54, 1.807) is 25.7 Å². The largest absolute Gasteiger partial charge is 0.444 e. The summed E-state index contributed by atoms with van der Waals surface area (Å²) >= 11 is 0. The molecule has 2 N–H and O–H groups in total. The van der Waals surface area contributed by atoms with E-state index in [1.165, 1.54) is 6.42 Å². The number of anilines is 1. The minimum absolute atomic E-state index is 0.269. The molecule has 0 fully saturated rings. The summed E-state index contributed by atoms with van der Waals surface area (Å²) < 4.78 is 5.34. The van der Waals surface area contributed by atoms with Gasteiger partial charge in [-0.25, -0.2) is 4.79 Å². The first-order chi connectivity index (χ1) is 20.0. The van der Waals surface area contributed by atoms with Crippen molar-refractivity contribution in [2.45, 2.75) is 91.7 Å². The molecule has 3 aromatic carbocycles. The summed E-state index contributed by atoms with van der Waals surface area (Å²) in [5, 5.41) is 7.75. The summed E-state index contributed by atoms with van der Waals surface area (Å²) in [7, 11) is 0. The topological polar surface area (TPSA) is 87.7 Å². The predicted molar refractivity (Wildman–Crippen MR) is 171 cm³/mol. The maximum absolute atomic E-state index is 14.1. The Balaban J connectivity index is 1.91. The third kappa shape index (κ3) is 9.89. The van der Waals surface area contributed by atoms with Crippen LogP contribution >= 0.6 is 0 Å². The van der Waals surface area contributed by atoms with E-state index in [-0.39, 0.29) is 18.4 Å². The van der Waals surface area contributed by atoms with Gasteiger partial charge in [0.1, 0.15) is 18.2 Å². The molecular formula is C35H47N3O4. The van der Waals surface area contributed by atoms with Gasteiger partial charge < -0.3 is 20.3 Å². The van der Waals surface area contributed by atoms with Gasteiger partial charge in [-0.2, -0.15) is 0 Å². The molecule has 0 saturated carbocycles. The highest BCUT2D eigenvalue weighted by Crippen LogP contribution is 2.27. The SMILES string of the molecule is CCCCCCCCN(C(=O)CNC(=O)OC(C)(C)C)C(C(=O)Nc1ccc2ccccc2c1)c1ccc(C)c(C)c1. The van der Waals surface area contributed by atoms with Crippen molar-refractivity contribution in [1.82, 2.24) is 10.2 Å². The fourth-order valence-electron chi connectivity index (χ4n) is 4.91. The third-order valence-electron chi connectivity index (χ3n) is 7.28. The highest BCUT2D eigenvalue weighted by atomic mass is 16.6. The monoisotopic (exact) mass is 573 g/mol. The molecular weight excluding hydrogens is 526 g/mol. The quantitative estimate of drug-likeness (QED) is 0.204. The molecule has 7 nitrogen and oxygen atoms in total. The number of ether oxygens (including phenoxy) is 1. The van der Waals surface area contributed by atoms with Crippen LogP contribution < -0.4 is 10.6 Å². The first-order valence-electron chi connectivity index (χ1n) is 15.1. The second kappa shape index (κ2) is 15.4. The molecule has 1 atom stereocenters. The highest BCUT2D eigenvalue weighted by Gasteiger charge is 2.32. The predicted octanol–water partition coefficient (Wildman–Crippen LogP) is 7.85. The van der Waals surface area contributed by atoms with Crippen LogP contribution in [0.15, 0.2) is 60.7 Å². The van der Waals surface area contributed by atoms with E-state index in [0.29, 0.717) is 12.2 Å². The number of benzene rings is 3. The van der Waals surface area contributed by atoms with Gasteiger partial charge >= 0.3 is 6.09 Å². The Kier molecular flexibility index (Phi) is 12.0. The fraction of sp³-hybridized carbons (Fsp3) is 0.457. The summed E-state index contributed by atoms with van der Waals surface area (Å²) in [6, 6.07) is 18.7. The summed E-state index contributed by atoms with van der Waals surface area (Å²) in [6.07, 6.45) is 5.60. The molecule has 0 aliphatic carbocycles. The van der Waals surface area contributed by atoms with Gasteiger partial charge in [-0.15, -0.1) is 0 Å². The molecule has 0 bridgehead atoms.